The van der Waals surface area contributed by atoms with Gasteiger partial charge < -0.3 is 14.4 Å². The van der Waals surface area contributed by atoms with Crippen LogP contribution in [0, 0.1) is 0 Å². The van der Waals surface area contributed by atoms with Crippen LogP contribution in [0.4, 0.5) is 4.79 Å². The molecule has 114 valence electrons. The number of esters is 1. The second-order valence-electron chi connectivity index (χ2n) is 5.95. The summed E-state index contributed by atoms with van der Waals surface area (Å²) in [4.78, 5) is 25.4. The molecule has 0 bridgehead atoms. The zero-order valence-corrected chi connectivity index (χ0v) is 13.1. The molecule has 1 amide bonds. The molecule has 0 atom stereocenters. The highest BCUT2D eigenvalue weighted by Gasteiger charge is 2.26. The van der Waals surface area contributed by atoms with E-state index in [9.17, 15) is 9.59 Å². The SMILES string of the molecule is CCOC(=O)/C(C)=C1/CCCN(C(=O)OC(C)(C)C)C1. The van der Waals surface area contributed by atoms with Crippen molar-refractivity contribution in [1.29, 1.82) is 0 Å². The average Bonchev–Trinajstić information content (AvgIpc) is 2.36. The number of nitrogens with zero attached hydrogens (tertiary/aromatic N) is 1. The van der Waals surface area contributed by atoms with Gasteiger partial charge in [0.15, 0.2) is 0 Å². The number of piperidine rings is 1. The van der Waals surface area contributed by atoms with Crippen LogP contribution >= 0.6 is 0 Å². The van der Waals surface area contributed by atoms with Crippen molar-refractivity contribution >= 4 is 12.1 Å². The van der Waals surface area contributed by atoms with E-state index in [0.29, 0.717) is 25.3 Å². The van der Waals surface area contributed by atoms with Crippen LogP contribution in [0.25, 0.3) is 0 Å². The third kappa shape index (κ3) is 4.87. The summed E-state index contributed by atoms with van der Waals surface area (Å²) in [5, 5.41) is 0. The maximum atomic E-state index is 12.0. The monoisotopic (exact) mass is 283 g/mol. The van der Waals surface area contributed by atoms with Gasteiger partial charge in [-0.1, -0.05) is 0 Å². The Morgan fingerprint density at radius 1 is 1.30 bits per heavy atom. The Bertz CT molecular complexity index is 407. The lowest BCUT2D eigenvalue weighted by atomic mass is 10.00. The minimum absolute atomic E-state index is 0.298. The minimum atomic E-state index is -0.505. The first-order valence-electron chi connectivity index (χ1n) is 7.08. The first-order chi connectivity index (χ1) is 9.24. The first-order valence-corrected chi connectivity index (χ1v) is 7.08. The highest BCUT2D eigenvalue weighted by atomic mass is 16.6. The van der Waals surface area contributed by atoms with Crippen LogP contribution in [0.3, 0.4) is 0 Å². The zero-order valence-electron chi connectivity index (χ0n) is 13.1. The molecule has 20 heavy (non-hydrogen) atoms. The van der Waals surface area contributed by atoms with Crippen molar-refractivity contribution in [3.05, 3.63) is 11.1 Å². The fourth-order valence-electron chi connectivity index (χ4n) is 2.04. The van der Waals surface area contributed by atoms with Crippen LogP contribution in [0.15, 0.2) is 11.1 Å². The quantitative estimate of drug-likeness (QED) is 0.577. The molecule has 5 heteroatoms. The highest BCUT2D eigenvalue weighted by Crippen LogP contribution is 2.21. The summed E-state index contributed by atoms with van der Waals surface area (Å²) in [7, 11) is 0. The van der Waals surface area contributed by atoms with E-state index in [4.69, 9.17) is 9.47 Å². The third-order valence-electron chi connectivity index (χ3n) is 3.05. The lowest BCUT2D eigenvalue weighted by molar-refractivity contribution is -0.138. The molecule has 0 aromatic heterocycles. The number of carbonyl (C=O) groups is 2. The van der Waals surface area contributed by atoms with E-state index in [1.165, 1.54) is 0 Å². The van der Waals surface area contributed by atoms with Crippen molar-refractivity contribution in [2.24, 2.45) is 0 Å². The molecule has 0 N–H and O–H groups in total. The summed E-state index contributed by atoms with van der Waals surface area (Å²) in [6.07, 6.45) is 1.33. The second-order valence-corrected chi connectivity index (χ2v) is 5.95. The molecular weight excluding hydrogens is 258 g/mol. The van der Waals surface area contributed by atoms with Crippen molar-refractivity contribution < 1.29 is 19.1 Å². The molecule has 1 aliphatic heterocycles. The van der Waals surface area contributed by atoms with E-state index in [1.807, 2.05) is 20.8 Å². The summed E-state index contributed by atoms with van der Waals surface area (Å²) >= 11 is 0. The number of hydrogen-bond acceptors (Lipinski definition) is 4. The zero-order chi connectivity index (χ0) is 15.3. The van der Waals surface area contributed by atoms with Gasteiger partial charge in [-0.05, 0) is 53.0 Å². The molecule has 1 fully saturated rings. The van der Waals surface area contributed by atoms with Crippen molar-refractivity contribution in [3.8, 4) is 0 Å². The van der Waals surface area contributed by atoms with E-state index in [1.54, 1.807) is 18.7 Å². The van der Waals surface area contributed by atoms with E-state index >= 15 is 0 Å². The predicted molar refractivity (Wildman–Crippen MR) is 76.4 cm³/mol. The topological polar surface area (TPSA) is 55.8 Å². The van der Waals surface area contributed by atoms with Crippen molar-refractivity contribution in [2.75, 3.05) is 19.7 Å². The summed E-state index contributed by atoms with van der Waals surface area (Å²) in [6, 6.07) is 0. The summed E-state index contributed by atoms with van der Waals surface area (Å²) in [5.41, 5.74) is 1.06. The summed E-state index contributed by atoms with van der Waals surface area (Å²) < 4.78 is 10.4. The molecule has 0 aliphatic carbocycles. The molecule has 0 aromatic carbocycles. The van der Waals surface area contributed by atoms with Crippen molar-refractivity contribution in [3.63, 3.8) is 0 Å². The number of ether oxygens (including phenoxy) is 2. The number of likely N-dealkylation sites (tertiary alicyclic amines) is 1. The van der Waals surface area contributed by atoms with Gasteiger partial charge in [0.1, 0.15) is 5.60 Å². The van der Waals surface area contributed by atoms with Gasteiger partial charge in [0, 0.05) is 18.7 Å². The van der Waals surface area contributed by atoms with Gasteiger partial charge in [-0.2, -0.15) is 0 Å². The van der Waals surface area contributed by atoms with Crippen LogP contribution in [0.5, 0.6) is 0 Å². The molecule has 1 heterocycles. The lowest BCUT2D eigenvalue weighted by Gasteiger charge is -2.31. The average molecular weight is 283 g/mol. The van der Waals surface area contributed by atoms with Gasteiger partial charge in [0.25, 0.3) is 0 Å². The van der Waals surface area contributed by atoms with E-state index in [2.05, 4.69) is 0 Å². The van der Waals surface area contributed by atoms with E-state index < -0.39 is 5.60 Å². The molecule has 0 spiro atoms. The van der Waals surface area contributed by atoms with Crippen LogP contribution in [-0.2, 0) is 14.3 Å². The van der Waals surface area contributed by atoms with Gasteiger partial charge in [-0.3, -0.25) is 0 Å². The molecule has 0 unspecified atom stereocenters. The maximum Gasteiger partial charge on any atom is 0.410 e. The molecule has 1 rings (SSSR count). The van der Waals surface area contributed by atoms with Gasteiger partial charge in [0.05, 0.1) is 6.61 Å². The Morgan fingerprint density at radius 2 is 1.95 bits per heavy atom. The largest absolute Gasteiger partial charge is 0.463 e. The fourth-order valence-corrected chi connectivity index (χ4v) is 2.04. The van der Waals surface area contributed by atoms with Gasteiger partial charge in [-0.25, -0.2) is 9.59 Å². The Kier molecular flexibility index (Phi) is 5.60. The second kappa shape index (κ2) is 6.77. The predicted octanol–water partition coefficient (Wildman–Crippen LogP) is 2.90. The smallest absolute Gasteiger partial charge is 0.410 e. The standard InChI is InChI=1S/C15H25NO4/c1-6-19-13(17)11(2)12-8-7-9-16(10-12)14(18)20-15(3,4)5/h6-10H2,1-5H3/b12-11-. The van der Waals surface area contributed by atoms with Crippen molar-refractivity contribution in [1.82, 2.24) is 4.90 Å². The van der Waals surface area contributed by atoms with Crippen LogP contribution in [0.1, 0.15) is 47.5 Å². The Balaban J connectivity index is 2.74. The highest BCUT2D eigenvalue weighted by molar-refractivity contribution is 5.89. The minimum Gasteiger partial charge on any atom is -0.463 e. The molecule has 5 nitrogen and oxygen atoms in total. The van der Waals surface area contributed by atoms with Gasteiger partial charge in [0.2, 0.25) is 0 Å². The molecule has 1 aliphatic rings. The van der Waals surface area contributed by atoms with Gasteiger partial charge in [-0.15, -0.1) is 0 Å². The van der Waals surface area contributed by atoms with Crippen LogP contribution in [0.2, 0.25) is 0 Å². The number of amides is 1. The van der Waals surface area contributed by atoms with E-state index in [-0.39, 0.29) is 12.1 Å². The maximum absolute atomic E-state index is 12.0. The number of carbonyl (C=O) groups excluding carboxylic acids is 2. The molecular formula is C15H25NO4. The molecule has 0 radical (unpaired) electrons. The molecule has 1 saturated heterocycles. The summed E-state index contributed by atoms with van der Waals surface area (Å²) in [6.45, 7) is 10.5. The lowest BCUT2D eigenvalue weighted by Crippen LogP contribution is -2.41. The van der Waals surface area contributed by atoms with Crippen LogP contribution < -0.4 is 0 Å². The normalized spacial score (nSPS) is 18.6. The number of hydrogen-bond donors (Lipinski definition) is 0. The number of rotatable bonds is 2. The Morgan fingerprint density at radius 3 is 2.50 bits per heavy atom. The first kappa shape index (κ1) is 16.5. The molecule has 0 saturated carbocycles. The Labute approximate surface area is 120 Å². The molecule has 0 aromatic rings. The summed E-state index contributed by atoms with van der Waals surface area (Å²) in [5.74, 6) is -0.298. The van der Waals surface area contributed by atoms with E-state index in [0.717, 1.165) is 18.4 Å². The van der Waals surface area contributed by atoms with Crippen LogP contribution in [-0.4, -0.2) is 42.3 Å². The fraction of sp³-hybridized carbons (Fsp3) is 0.733. The van der Waals surface area contributed by atoms with Crippen molar-refractivity contribution in [2.45, 2.75) is 53.1 Å². The third-order valence-corrected chi connectivity index (χ3v) is 3.05. The Hall–Kier alpha value is -1.52. The van der Waals surface area contributed by atoms with Gasteiger partial charge >= 0.3 is 12.1 Å².